The molecule has 0 aliphatic carbocycles. The molecular formula is C24H28F3N5O2. The third-order valence-electron chi connectivity index (χ3n) is 5.40. The first-order valence-corrected chi connectivity index (χ1v) is 10.8. The number of amides is 2. The fraction of sp³-hybridized carbons (Fsp3) is 0.375. The van der Waals surface area contributed by atoms with E-state index in [2.05, 4.69) is 15.3 Å². The van der Waals surface area contributed by atoms with E-state index in [1.807, 2.05) is 30.5 Å². The maximum absolute atomic E-state index is 13.4. The van der Waals surface area contributed by atoms with Crippen molar-refractivity contribution in [2.24, 2.45) is 0 Å². The molecule has 1 N–H and O–H groups in total. The Hall–Kier alpha value is -3.56. The lowest BCUT2D eigenvalue weighted by Gasteiger charge is -2.31. The molecule has 0 aliphatic heterocycles. The zero-order valence-corrected chi connectivity index (χ0v) is 19.7. The van der Waals surface area contributed by atoms with Gasteiger partial charge in [-0.25, -0.2) is 14.8 Å². The number of nitrogens with zero attached hydrogens (tertiary/aromatic N) is 4. The normalized spacial score (nSPS) is 13.3. The number of ether oxygens (including phenoxy) is 1. The van der Waals surface area contributed by atoms with Crippen molar-refractivity contribution in [3.05, 3.63) is 60.1 Å². The average Bonchev–Trinajstić information content (AvgIpc) is 3.26. The van der Waals surface area contributed by atoms with E-state index in [0.29, 0.717) is 22.8 Å². The quantitative estimate of drug-likeness (QED) is 0.465. The molecule has 1 aromatic carbocycles. The number of carbonyl (C=O) groups excluding carboxylic acids is 1. The number of hydrogen-bond acceptors (Lipinski definition) is 4. The molecule has 2 heterocycles. The predicted octanol–water partition coefficient (Wildman–Crippen LogP) is 5.39. The monoisotopic (exact) mass is 475 g/mol. The number of hydrogen-bond donors (Lipinski definition) is 1. The molecule has 0 bridgehead atoms. The van der Waals surface area contributed by atoms with Crippen LogP contribution in [0.3, 0.4) is 0 Å². The van der Waals surface area contributed by atoms with Crippen molar-refractivity contribution < 1.29 is 22.7 Å². The highest BCUT2D eigenvalue weighted by Gasteiger charge is 2.40. The highest BCUT2D eigenvalue weighted by Crippen LogP contribution is 2.28. The van der Waals surface area contributed by atoms with Crippen LogP contribution in [0.1, 0.15) is 39.3 Å². The molecular weight excluding hydrogens is 447 g/mol. The first kappa shape index (κ1) is 25.1. The van der Waals surface area contributed by atoms with Gasteiger partial charge in [0.2, 0.25) is 0 Å². The lowest BCUT2D eigenvalue weighted by Crippen LogP contribution is -2.50. The van der Waals surface area contributed by atoms with Crippen molar-refractivity contribution in [3.8, 4) is 17.1 Å². The Morgan fingerprint density at radius 3 is 2.68 bits per heavy atom. The van der Waals surface area contributed by atoms with Gasteiger partial charge in [0.15, 0.2) is 5.65 Å². The molecule has 182 valence electrons. The molecule has 3 aromatic rings. The van der Waals surface area contributed by atoms with Crippen LogP contribution in [-0.4, -0.2) is 51.2 Å². The molecule has 2 aromatic heterocycles. The number of fused-ring (bicyclic) bond motifs is 1. The summed E-state index contributed by atoms with van der Waals surface area (Å²) < 4.78 is 47.4. The van der Waals surface area contributed by atoms with Gasteiger partial charge >= 0.3 is 12.2 Å². The third-order valence-corrected chi connectivity index (χ3v) is 5.40. The van der Waals surface area contributed by atoms with E-state index in [4.69, 9.17) is 4.74 Å². The number of urea groups is 1. The lowest BCUT2D eigenvalue weighted by molar-refractivity contribution is -0.142. The summed E-state index contributed by atoms with van der Waals surface area (Å²) in [5.74, 6) is 0.368. The largest absolute Gasteiger partial charge is 0.478 e. The van der Waals surface area contributed by atoms with Gasteiger partial charge in [0.1, 0.15) is 6.04 Å². The fourth-order valence-electron chi connectivity index (χ4n) is 3.68. The van der Waals surface area contributed by atoms with Gasteiger partial charge < -0.3 is 19.4 Å². The van der Waals surface area contributed by atoms with Crippen molar-refractivity contribution in [2.45, 2.75) is 46.0 Å². The lowest BCUT2D eigenvalue weighted by atomic mass is 10.0. The molecule has 3 rings (SSSR count). The first-order chi connectivity index (χ1) is 16.0. The second-order valence-corrected chi connectivity index (χ2v) is 8.09. The van der Waals surface area contributed by atoms with Crippen LogP contribution in [0.15, 0.2) is 54.5 Å². The summed E-state index contributed by atoms with van der Waals surface area (Å²) >= 11 is 0. The molecule has 0 aliphatic rings. The van der Waals surface area contributed by atoms with Crippen LogP contribution < -0.4 is 10.1 Å². The Morgan fingerprint density at radius 2 is 2.06 bits per heavy atom. The van der Waals surface area contributed by atoms with E-state index in [1.165, 1.54) is 12.0 Å². The van der Waals surface area contributed by atoms with Gasteiger partial charge in [-0.3, -0.25) is 0 Å². The Bertz CT molecular complexity index is 1180. The number of methoxy groups -OCH3 is 1. The van der Waals surface area contributed by atoms with Crippen LogP contribution in [0.4, 0.5) is 18.0 Å². The zero-order valence-electron chi connectivity index (χ0n) is 19.7. The summed E-state index contributed by atoms with van der Waals surface area (Å²) in [4.78, 5) is 22.9. The van der Waals surface area contributed by atoms with Gasteiger partial charge in [0, 0.05) is 30.7 Å². The molecule has 34 heavy (non-hydrogen) atoms. The van der Waals surface area contributed by atoms with Crippen LogP contribution in [-0.2, 0) is 0 Å². The minimum atomic E-state index is -4.59. The summed E-state index contributed by atoms with van der Waals surface area (Å²) in [6.45, 7) is 6.84. The summed E-state index contributed by atoms with van der Waals surface area (Å²) in [5, 5.41) is 2.11. The van der Waals surface area contributed by atoms with Gasteiger partial charge in [-0.05, 0) is 39.3 Å². The third kappa shape index (κ3) is 5.49. The Balaban J connectivity index is 1.89. The van der Waals surface area contributed by atoms with Crippen LogP contribution in [0.2, 0.25) is 0 Å². The second-order valence-electron chi connectivity index (χ2n) is 8.09. The number of rotatable bonds is 7. The van der Waals surface area contributed by atoms with Crippen LogP contribution >= 0.6 is 0 Å². The maximum Gasteiger partial charge on any atom is 0.412 e. The number of alkyl halides is 3. The number of halogens is 3. The van der Waals surface area contributed by atoms with E-state index in [1.54, 1.807) is 44.5 Å². The topological polar surface area (TPSA) is 71.8 Å². The zero-order chi connectivity index (χ0) is 25.0. The van der Waals surface area contributed by atoms with Crippen LogP contribution in [0.25, 0.3) is 16.9 Å². The van der Waals surface area contributed by atoms with Crippen molar-refractivity contribution >= 4 is 11.7 Å². The minimum absolute atomic E-state index is 0.226. The molecule has 2 atom stereocenters. The van der Waals surface area contributed by atoms with E-state index in [9.17, 15) is 18.0 Å². The minimum Gasteiger partial charge on any atom is -0.478 e. The summed E-state index contributed by atoms with van der Waals surface area (Å²) in [6, 6.07) is 4.05. The number of nitrogens with one attached hydrogen (secondary N) is 1. The molecule has 10 heteroatoms. The van der Waals surface area contributed by atoms with Crippen LogP contribution in [0, 0.1) is 0 Å². The van der Waals surface area contributed by atoms with Crippen molar-refractivity contribution in [1.29, 1.82) is 0 Å². The van der Waals surface area contributed by atoms with Gasteiger partial charge in [-0.15, -0.1) is 0 Å². The number of imidazole rings is 1. The summed E-state index contributed by atoms with van der Waals surface area (Å²) in [5.41, 5.74) is 3.20. The molecule has 0 saturated heterocycles. The predicted molar refractivity (Wildman–Crippen MR) is 124 cm³/mol. The molecule has 0 spiro atoms. The molecule has 1 unspecified atom stereocenters. The summed E-state index contributed by atoms with van der Waals surface area (Å²) in [6.07, 6.45) is 1.64. The number of benzene rings is 1. The Morgan fingerprint density at radius 1 is 1.32 bits per heavy atom. The second kappa shape index (κ2) is 10.1. The van der Waals surface area contributed by atoms with E-state index in [-0.39, 0.29) is 6.54 Å². The smallest absolute Gasteiger partial charge is 0.412 e. The average molecular weight is 476 g/mol. The number of carbonyl (C=O) groups is 1. The first-order valence-electron chi connectivity index (χ1n) is 10.8. The van der Waals surface area contributed by atoms with Gasteiger partial charge in [0.05, 0.1) is 18.8 Å². The van der Waals surface area contributed by atoms with Crippen LogP contribution in [0.5, 0.6) is 5.88 Å². The molecule has 2 amide bonds. The number of aromatic nitrogens is 3. The van der Waals surface area contributed by atoms with Gasteiger partial charge in [0.25, 0.3) is 5.88 Å². The van der Waals surface area contributed by atoms with Crippen molar-refractivity contribution in [1.82, 2.24) is 24.6 Å². The van der Waals surface area contributed by atoms with E-state index >= 15 is 0 Å². The van der Waals surface area contributed by atoms with Gasteiger partial charge in [-0.2, -0.15) is 13.2 Å². The van der Waals surface area contributed by atoms with E-state index < -0.39 is 24.3 Å². The maximum atomic E-state index is 13.4. The number of allylic oxidation sites excluding steroid dienone is 1. The molecule has 0 radical (unpaired) electrons. The highest BCUT2D eigenvalue weighted by atomic mass is 19.4. The Kier molecular flexibility index (Phi) is 7.48. The molecule has 0 fully saturated rings. The standard InChI is InChI=1S/C24H28F3N5O2/c1-6-32(23(33)30-20(12-15(2)3)24(25,26)27)16(4)17-8-7-9-18(13-17)19-14-31-11-10-28-21(31)22(29-19)34-5/h7-14,16,20H,6H2,1-5H3,(H,30,33)/t16-,20?/m1/s1. The Labute approximate surface area is 196 Å². The fourth-order valence-corrected chi connectivity index (χ4v) is 3.68. The van der Waals surface area contributed by atoms with Crippen molar-refractivity contribution in [3.63, 3.8) is 0 Å². The van der Waals surface area contributed by atoms with Gasteiger partial charge in [-0.1, -0.05) is 29.8 Å². The SMILES string of the molecule is CCN(C(=O)NC(C=C(C)C)C(F)(F)F)[C@H](C)c1cccc(-c2cn3ccnc3c(OC)n2)c1. The highest BCUT2D eigenvalue weighted by molar-refractivity contribution is 5.75. The van der Waals surface area contributed by atoms with Crippen molar-refractivity contribution in [2.75, 3.05) is 13.7 Å². The van der Waals surface area contributed by atoms with E-state index in [0.717, 1.165) is 17.2 Å². The molecule has 0 saturated carbocycles. The molecule has 7 nitrogen and oxygen atoms in total. The summed E-state index contributed by atoms with van der Waals surface area (Å²) in [7, 11) is 1.51.